The highest BCUT2D eigenvalue weighted by atomic mass is 16.5. The lowest BCUT2D eigenvalue weighted by molar-refractivity contribution is 0.157. The summed E-state index contributed by atoms with van der Waals surface area (Å²) in [5.74, 6) is 2.20. The molecule has 0 amide bonds. The van der Waals surface area contributed by atoms with Crippen LogP contribution in [0, 0.1) is 17.3 Å². The Morgan fingerprint density at radius 2 is 2.00 bits per heavy atom. The molecule has 2 atom stereocenters. The summed E-state index contributed by atoms with van der Waals surface area (Å²) < 4.78 is 5.20. The number of fused-ring (bicyclic) bond motifs is 1. The van der Waals surface area contributed by atoms with E-state index in [1.165, 1.54) is 51.5 Å². The first-order valence-corrected chi connectivity index (χ1v) is 7.04. The minimum absolute atomic E-state index is 0.648. The molecule has 0 heterocycles. The molecule has 3 fully saturated rings. The molecule has 3 aliphatic carbocycles. The molecule has 2 unspecified atom stereocenters. The summed E-state index contributed by atoms with van der Waals surface area (Å²) in [5.41, 5.74) is 0.648. The first kappa shape index (κ1) is 11.0. The van der Waals surface area contributed by atoms with Crippen LogP contribution in [-0.2, 0) is 4.74 Å². The molecule has 0 aromatic rings. The molecule has 3 saturated carbocycles. The van der Waals surface area contributed by atoms with E-state index in [-0.39, 0.29) is 0 Å². The van der Waals surface area contributed by atoms with Crippen LogP contribution in [0.3, 0.4) is 0 Å². The second-order valence-corrected chi connectivity index (χ2v) is 6.42. The molecule has 3 aliphatic rings. The zero-order valence-corrected chi connectivity index (χ0v) is 10.5. The van der Waals surface area contributed by atoms with Gasteiger partial charge in [0.2, 0.25) is 0 Å². The number of methoxy groups -OCH3 is 1. The number of hydrogen-bond donors (Lipinski definition) is 1. The molecule has 2 heteroatoms. The van der Waals surface area contributed by atoms with E-state index in [1.807, 2.05) is 7.11 Å². The van der Waals surface area contributed by atoms with Gasteiger partial charge in [0.1, 0.15) is 0 Å². The van der Waals surface area contributed by atoms with Crippen molar-refractivity contribution in [3.05, 3.63) is 0 Å². The first-order chi connectivity index (χ1) is 7.81. The van der Waals surface area contributed by atoms with Crippen molar-refractivity contribution >= 4 is 0 Å². The van der Waals surface area contributed by atoms with E-state index in [2.05, 4.69) is 5.32 Å². The monoisotopic (exact) mass is 223 g/mol. The lowest BCUT2D eigenvalue weighted by Crippen LogP contribution is -2.34. The molecule has 0 aromatic carbocycles. The fourth-order valence-electron chi connectivity index (χ4n) is 3.68. The van der Waals surface area contributed by atoms with Gasteiger partial charge in [0, 0.05) is 26.3 Å². The average molecular weight is 223 g/mol. The van der Waals surface area contributed by atoms with Gasteiger partial charge in [-0.25, -0.2) is 0 Å². The van der Waals surface area contributed by atoms with Gasteiger partial charge in [0.15, 0.2) is 0 Å². The van der Waals surface area contributed by atoms with E-state index in [9.17, 15) is 0 Å². The maximum absolute atomic E-state index is 5.20. The van der Waals surface area contributed by atoms with Crippen LogP contribution in [0.2, 0.25) is 0 Å². The van der Waals surface area contributed by atoms with Gasteiger partial charge in [-0.3, -0.25) is 0 Å². The van der Waals surface area contributed by atoms with Crippen molar-refractivity contribution in [2.45, 2.75) is 51.0 Å². The van der Waals surface area contributed by atoms with Gasteiger partial charge in [0.05, 0.1) is 0 Å². The van der Waals surface area contributed by atoms with Crippen molar-refractivity contribution in [3.8, 4) is 0 Å². The number of hydrogen-bond acceptors (Lipinski definition) is 2. The Morgan fingerprint density at radius 1 is 1.25 bits per heavy atom. The molecular formula is C14H25NO. The van der Waals surface area contributed by atoms with Gasteiger partial charge < -0.3 is 10.1 Å². The first-order valence-electron chi connectivity index (χ1n) is 7.04. The molecule has 3 rings (SSSR count). The van der Waals surface area contributed by atoms with Crippen LogP contribution in [0.1, 0.15) is 44.9 Å². The molecule has 0 bridgehead atoms. The summed E-state index contributed by atoms with van der Waals surface area (Å²) in [6.07, 6.45) is 10.0. The van der Waals surface area contributed by atoms with Gasteiger partial charge in [0.25, 0.3) is 0 Å². The molecule has 92 valence electrons. The number of nitrogens with one attached hydrogen (secondary N) is 1. The lowest BCUT2D eigenvalue weighted by Gasteiger charge is -2.31. The molecule has 0 radical (unpaired) electrons. The van der Waals surface area contributed by atoms with Crippen LogP contribution in [0.4, 0.5) is 0 Å². The van der Waals surface area contributed by atoms with Crippen LogP contribution in [0.5, 0.6) is 0 Å². The Morgan fingerprint density at radius 3 is 2.62 bits per heavy atom. The average Bonchev–Trinajstić information content (AvgIpc) is 3.18. The van der Waals surface area contributed by atoms with Crippen LogP contribution in [0.25, 0.3) is 0 Å². The third-order valence-corrected chi connectivity index (χ3v) is 4.86. The highest BCUT2D eigenvalue weighted by Crippen LogP contribution is 2.61. The van der Waals surface area contributed by atoms with E-state index >= 15 is 0 Å². The topological polar surface area (TPSA) is 21.3 Å². The second kappa shape index (κ2) is 4.30. The minimum Gasteiger partial charge on any atom is -0.385 e. The van der Waals surface area contributed by atoms with Crippen LogP contribution < -0.4 is 5.32 Å². The van der Waals surface area contributed by atoms with E-state index in [1.54, 1.807) is 0 Å². The maximum Gasteiger partial charge on any atom is 0.0462 e. The Labute approximate surface area is 99.1 Å². The SMILES string of the molecule is COCCCC1(CNC2CC2)CC2CC2C1. The second-order valence-electron chi connectivity index (χ2n) is 6.42. The summed E-state index contributed by atoms with van der Waals surface area (Å²) in [5, 5.41) is 3.77. The summed E-state index contributed by atoms with van der Waals surface area (Å²) >= 11 is 0. The third-order valence-electron chi connectivity index (χ3n) is 4.86. The Kier molecular flexibility index (Phi) is 2.97. The van der Waals surface area contributed by atoms with E-state index in [0.717, 1.165) is 24.5 Å². The minimum atomic E-state index is 0.648. The molecule has 0 spiro atoms. The van der Waals surface area contributed by atoms with Crippen LogP contribution >= 0.6 is 0 Å². The Balaban J connectivity index is 1.50. The Bertz CT molecular complexity index is 239. The zero-order chi connectivity index (χ0) is 11.0. The summed E-state index contributed by atoms with van der Waals surface area (Å²) in [4.78, 5) is 0. The smallest absolute Gasteiger partial charge is 0.0462 e. The Hall–Kier alpha value is -0.0800. The molecule has 0 saturated heterocycles. The van der Waals surface area contributed by atoms with Crippen molar-refractivity contribution in [1.29, 1.82) is 0 Å². The summed E-state index contributed by atoms with van der Waals surface area (Å²) in [6.45, 7) is 2.23. The van der Waals surface area contributed by atoms with Crippen LogP contribution in [0.15, 0.2) is 0 Å². The highest BCUT2D eigenvalue weighted by Gasteiger charge is 2.53. The van der Waals surface area contributed by atoms with Gasteiger partial charge in [-0.1, -0.05) is 0 Å². The van der Waals surface area contributed by atoms with Gasteiger partial charge in [-0.15, -0.1) is 0 Å². The quantitative estimate of drug-likeness (QED) is 0.670. The predicted octanol–water partition coefficient (Wildman–Crippen LogP) is 2.58. The van der Waals surface area contributed by atoms with Gasteiger partial charge in [-0.05, 0) is 62.2 Å². The van der Waals surface area contributed by atoms with Crippen molar-refractivity contribution in [2.24, 2.45) is 17.3 Å². The van der Waals surface area contributed by atoms with E-state index in [4.69, 9.17) is 4.74 Å². The standard InChI is InChI=1S/C14H25NO/c1-16-6-2-5-14(10-15-13-3-4-13)8-11-7-12(11)9-14/h11-13,15H,2-10H2,1H3. The molecule has 16 heavy (non-hydrogen) atoms. The summed E-state index contributed by atoms with van der Waals surface area (Å²) in [6, 6.07) is 0.872. The molecule has 1 N–H and O–H groups in total. The normalized spacial score (nSPS) is 41.1. The fourth-order valence-corrected chi connectivity index (χ4v) is 3.68. The lowest BCUT2D eigenvalue weighted by atomic mass is 9.78. The molecule has 0 aromatic heterocycles. The third kappa shape index (κ3) is 2.43. The fraction of sp³-hybridized carbons (Fsp3) is 1.00. The number of rotatable bonds is 7. The van der Waals surface area contributed by atoms with E-state index < -0.39 is 0 Å². The largest absolute Gasteiger partial charge is 0.385 e. The summed E-state index contributed by atoms with van der Waals surface area (Å²) in [7, 11) is 1.82. The van der Waals surface area contributed by atoms with Crippen molar-refractivity contribution in [1.82, 2.24) is 5.32 Å². The zero-order valence-electron chi connectivity index (χ0n) is 10.5. The van der Waals surface area contributed by atoms with Gasteiger partial charge in [-0.2, -0.15) is 0 Å². The molecule has 2 nitrogen and oxygen atoms in total. The predicted molar refractivity (Wildman–Crippen MR) is 65.4 cm³/mol. The maximum atomic E-state index is 5.20. The number of ether oxygens (including phenoxy) is 1. The van der Waals surface area contributed by atoms with Crippen molar-refractivity contribution in [3.63, 3.8) is 0 Å². The van der Waals surface area contributed by atoms with Gasteiger partial charge >= 0.3 is 0 Å². The van der Waals surface area contributed by atoms with Crippen LogP contribution in [-0.4, -0.2) is 26.3 Å². The molecular weight excluding hydrogens is 198 g/mol. The van der Waals surface area contributed by atoms with Crippen molar-refractivity contribution < 1.29 is 4.74 Å². The van der Waals surface area contributed by atoms with E-state index in [0.29, 0.717) is 5.41 Å². The van der Waals surface area contributed by atoms with Crippen molar-refractivity contribution in [2.75, 3.05) is 20.3 Å². The molecule has 0 aliphatic heterocycles. The highest BCUT2D eigenvalue weighted by molar-refractivity contribution is 5.04.